The highest BCUT2D eigenvalue weighted by Crippen LogP contribution is 2.47. The smallest absolute Gasteiger partial charge is 0.251 e. The molecule has 2 heterocycles. The normalized spacial score (nSPS) is 16.9. The average Bonchev–Trinajstić information content (AvgIpc) is 3.72. The summed E-state index contributed by atoms with van der Waals surface area (Å²) in [6.07, 6.45) is 3.25. The summed E-state index contributed by atoms with van der Waals surface area (Å²) in [6.45, 7) is 5.09. The van der Waals surface area contributed by atoms with Gasteiger partial charge in [-0.05, 0) is 85.2 Å². The molecule has 11 heteroatoms. The Hall–Kier alpha value is -4.56. The number of nitrogens with zero attached hydrogens (tertiary/aromatic N) is 4. The number of rotatable bonds is 9. The number of carbonyl (C=O) groups is 3. The molecule has 3 aromatic rings. The van der Waals surface area contributed by atoms with E-state index in [9.17, 15) is 19.6 Å². The quantitative estimate of drug-likeness (QED) is 0.318. The first-order valence-electron chi connectivity index (χ1n) is 15.2. The molecule has 1 aromatic heterocycles. The monoisotopic (exact) mass is 597 g/mol. The summed E-state index contributed by atoms with van der Waals surface area (Å²) in [5.41, 5.74) is 3.98. The summed E-state index contributed by atoms with van der Waals surface area (Å²) in [7, 11) is 3.21. The zero-order valence-electron chi connectivity index (χ0n) is 25.7. The van der Waals surface area contributed by atoms with Gasteiger partial charge in [0.2, 0.25) is 17.7 Å². The maximum atomic E-state index is 13.0. The van der Waals surface area contributed by atoms with Gasteiger partial charge in [0.25, 0.3) is 11.8 Å². The number of carbonyl (C=O) groups excluding carboxylic acids is 3. The van der Waals surface area contributed by atoms with Crippen molar-refractivity contribution in [1.82, 2.24) is 31.0 Å². The number of benzene rings is 2. The average molecular weight is 598 g/mol. The van der Waals surface area contributed by atoms with Crippen LogP contribution in [0.1, 0.15) is 93.8 Å². The van der Waals surface area contributed by atoms with E-state index in [0.29, 0.717) is 61.7 Å². The van der Waals surface area contributed by atoms with Gasteiger partial charge in [-0.2, -0.15) is 5.26 Å². The lowest BCUT2D eigenvalue weighted by Gasteiger charge is -2.34. The largest absolute Gasteiger partial charge is 0.424 e. The molecular weight excluding hydrogens is 558 g/mol. The van der Waals surface area contributed by atoms with Crippen molar-refractivity contribution in [3.05, 3.63) is 81.6 Å². The molecule has 1 aliphatic carbocycles. The first-order chi connectivity index (χ1) is 21.2. The van der Waals surface area contributed by atoms with Crippen molar-refractivity contribution < 1.29 is 18.8 Å². The molecule has 230 valence electrons. The van der Waals surface area contributed by atoms with Gasteiger partial charge >= 0.3 is 0 Å². The Bertz CT molecular complexity index is 1540. The lowest BCUT2D eigenvalue weighted by atomic mass is 9.69. The number of nitriles is 1. The topological polar surface area (TPSA) is 153 Å². The van der Waals surface area contributed by atoms with Crippen LogP contribution in [0.5, 0.6) is 0 Å². The van der Waals surface area contributed by atoms with Gasteiger partial charge < -0.3 is 25.3 Å². The minimum Gasteiger partial charge on any atom is -0.424 e. The first-order valence-corrected chi connectivity index (χ1v) is 15.2. The maximum Gasteiger partial charge on any atom is 0.251 e. The maximum absolute atomic E-state index is 13.0. The van der Waals surface area contributed by atoms with Crippen LogP contribution in [-0.4, -0.2) is 72.6 Å². The lowest BCUT2D eigenvalue weighted by Crippen LogP contribution is -2.42. The van der Waals surface area contributed by atoms with Crippen molar-refractivity contribution in [1.29, 1.82) is 5.26 Å². The third-order valence-corrected chi connectivity index (χ3v) is 8.75. The van der Waals surface area contributed by atoms with Crippen LogP contribution in [0.3, 0.4) is 0 Å². The van der Waals surface area contributed by atoms with E-state index >= 15 is 0 Å². The fourth-order valence-electron chi connectivity index (χ4n) is 6.44. The number of fused-ring (bicyclic) bond motifs is 2. The molecule has 1 unspecified atom stereocenters. The molecule has 2 aromatic carbocycles. The predicted molar refractivity (Wildman–Crippen MR) is 163 cm³/mol. The molecule has 0 bridgehead atoms. The van der Waals surface area contributed by atoms with Crippen molar-refractivity contribution in [3.63, 3.8) is 0 Å². The van der Waals surface area contributed by atoms with E-state index < -0.39 is 5.41 Å². The van der Waals surface area contributed by atoms with E-state index in [-0.39, 0.29) is 36.2 Å². The third kappa shape index (κ3) is 5.69. The summed E-state index contributed by atoms with van der Waals surface area (Å²) < 4.78 is 6.42. The fraction of sp³-hybridized carbons (Fsp3) is 0.455. The molecule has 0 spiro atoms. The van der Waals surface area contributed by atoms with E-state index in [1.54, 1.807) is 19.0 Å². The van der Waals surface area contributed by atoms with E-state index in [1.807, 2.05) is 50.2 Å². The summed E-state index contributed by atoms with van der Waals surface area (Å²) in [5.74, 6) is 0.474. The molecule has 44 heavy (non-hydrogen) atoms. The Morgan fingerprint density at radius 3 is 2.16 bits per heavy atom. The van der Waals surface area contributed by atoms with Gasteiger partial charge in [-0.3, -0.25) is 14.4 Å². The number of aromatic nitrogens is 2. The summed E-state index contributed by atoms with van der Waals surface area (Å²) in [4.78, 5) is 39.9. The van der Waals surface area contributed by atoms with Crippen LogP contribution >= 0.6 is 0 Å². The minimum absolute atomic E-state index is 0.00792. The van der Waals surface area contributed by atoms with Crippen molar-refractivity contribution in [2.24, 2.45) is 0 Å². The molecule has 1 fully saturated rings. The van der Waals surface area contributed by atoms with Crippen LogP contribution in [0.2, 0.25) is 0 Å². The molecule has 0 radical (unpaired) electrons. The van der Waals surface area contributed by atoms with Gasteiger partial charge in [-0.15, -0.1) is 10.2 Å². The van der Waals surface area contributed by atoms with Gasteiger partial charge in [0.15, 0.2) is 0 Å². The number of hydrogen-bond donors (Lipinski definition) is 3. The molecule has 1 atom stereocenters. The number of likely N-dealkylation sites (tertiary alicyclic amines) is 1. The Morgan fingerprint density at radius 2 is 1.64 bits per heavy atom. The molecule has 1 saturated heterocycles. The predicted octanol–water partition coefficient (Wildman–Crippen LogP) is 2.84. The van der Waals surface area contributed by atoms with E-state index in [4.69, 9.17) is 4.42 Å². The standard InChI is InChI=1S/C33H39N7O4/c1-20(2)31-38-39-32(44-31)33(13-14-37-19-28(41)40-15-5-6-25(40)18-34)26-11-9-23(29(42)35-3)16-21(26)7-8-22-17-24(30(43)36-4)10-12-27(22)33/h9-12,16-17,20,25,37H,5-8,13-15,19H2,1-4H3,(H,35,42)(H,36,43). The zero-order valence-corrected chi connectivity index (χ0v) is 25.7. The molecule has 2 aliphatic rings. The Morgan fingerprint density at radius 1 is 1.02 bits per heavy atom. The first kappa shape index (κ1) is 30.9. The van der Waals surface area contributed by atoms with Crippen LogP contribution < -0.4 is 16.0 Å². The fourth-order valence-corrected chi connectivity index (χ4v) is 6.44. The van der Waals surface area contributed by atoms with E-state index in [1.165, 1.54) is 0 Å². The van der Waals surface area contributed by atoms with Crippen LogP contribution in [-0.2, 0) is 23.1 Å². The summed E-state index contributed by atoms with van der Waals surface area (Å²) in [5, 5.41) is 27.2. The van der Waals surface area contributed by atoms with Gasteiger partial charge in [0.05, 0.1) is 12.6 Å². The molecule has 3 N–H and O–H groups in total. The highest BCUT2D eigenvalue weighted by molar-refractivity contribution is 5.95. The number of hydrogen-bond acceptors (Lipinski definition) is 8. The van der Waals surface area contributed by atoms with Gasteiger partial charge in [0.1, 0.15) is 11.5 Å². The second kappa shape index (κ2) is 13.0. The second-order valence-corrected chi connectivity index (χ2v) is 11.7. The number of aryl methyl sites for hydroxylation is 2. The molecule has 1 aliphatic heterocycles. The molecule has 5 rings (SSSR count). The van der Waals surface area contributed by atoms with Crippen LogP contribution in [0, 0.1) is 11.3 Å². The molecule has 3 amide bonds. The number of nitrogens with one attached hydrogen (secondary N) is 3. The van der Waals surface area contributed by atoms with Crippen LogP contribution in [0.25, 0.3) is 0 Å². The van der Waals surface area contributed by atoms with E-state index in [2.05, 4.69) is 32.2 Å². The third-order valence-electron chi connectivity index (χ3n) is 8.75. The highest BCUT2D eigenvalue weighted by Gasteiger charge is 2.45. The zero-order chi connectivity index (χ0) is 31.4. The number of amides is 3. The van der Waals surface area contributed by atoms with Crippen molar-refractivity contribution in [2.45, 2.75) is 63.3 Å². The van der Waals surface area contributed by atoms with Crippen LogP contribution in [0.4, 0.5) is 0 Å². The van der Waals surface area contributed by atoms with Crippen molar-refractivity contribution >= 4 is 17.7 Å². The van der Waals surface area contributed by atoms with Crippen LogP contribution in [0.15, 0.2) is 40.8 Å². The lowest BCUT2D eigenvalue weighted by molar-refractivity contribution is -0.130. The summed E-state index contributed by atoms with van der Waals surface area (Å²) >= 11 is 0. The highest BCUT2D eigenvalue weighted by atomic mass is 16.4. The molecular formula is C33H39N7O4. The van der Waals surface area contributed by atoms with Gasteiger partial charge in [-0.1, -0.05) is 26.0 Å². The summed E-state index contributed by atoms with van der Waals surface area (Å²) in [6, 6.07) is 13.2. The minimum atomic E-state index is -0.928. The van der Waals surface area contributed by atoms with Crippen molar-refractivity contribution in [3.8, 4) is 6.07 Å². The Labute approximate surface area is 257 Å². The van der Waals surface area contributed by atoms with Crippen molar-refractivity contribution in [2.75, 3.05) is 33.7 Å². The Balaban J connectivity index is 1.61. The molecule has 11 nitrogen and oxygen atoms in total. The van der Waals surface area contributed by atoms with Gasteiger partial charge in [0, 0.05) is 37.7 Å². The second-order valence-electron chi connectivity index (χ2n) is 11.7. The SMILES string of the molecule is CNC(=O)c1ccc2c(c1)CCc1cc(C(=O)NC)ccc1C2(CCNCC(=O)N1CCCC1C#N)c1nnc(C(C)C)o1. The van der Waals surface area contributed by atoms with E-state index in [0.717, 1.165) is 28.7 Å². The Kier molecular flexibility index (Phi) is 9.11. The molecule has 0 saturated carbocycles. The van der Waals surface area contributed by atoms with Gasteiger partial charge in [-0.25, -0.2) is 0 Å².